The molecule has 7 atom stereocenters. The van der Waals surface area contributed by atoms with E-state index in [0.717, 1.165) is 148 Å². The van der Waals surface area contributed by atoms with Gasteiger partial charge >= 0.3 is 30.1 Å². The zero-order valence-electron chi connectivity index (χ0n) is 80.4. The molecule has 8 rings (SSSR count). The number of aliphatic hydroxyl groups is 3. The topological polar surface area (TPSA) is 230 Å². The number of alkyl halides is 27. The van der Waals surface area contributed by atoms with Gasteiger partial charge < -0.3 is 67.4 Å². The normalized spacial score (nSPS) is 19.1. The first kappa shape index (κ1) is 129. The summed E-state index contributed by atoms with van der Waals surface area (Å²) in [6.45, 7) is 9.34. The summed E-state index contributed by atoms with van der Waals surface area (Å²) in [7, 11) is 0. The third-order valence-electron chi connectivity index (χ3n) is 22.2. The summed E-state index contributed by atoms with van der Waals surface area (Å²) < 4.78 is 407. The third kappa shape index (κ3) is 67.0. The zero-order valence-corrected chi connectivity index (χ0v) is 80.4. The molecule has 8 aliphatic rings. The van der Waals surface area contributed by atoms with E-state index in [2.05, 4.69) is 4.74 Å². The lowest BCUT2D eigenvalue weighted by atomic mass is 9.89. The predicted octanol–water partition coefficient (Wildman–Crippen LogP) is 24.3. The molecule has 0 aromatic rings. The van der Waals surface area contributed by atoms with Gasteiger partial charge in [0.1, 0.15) is 24.7 Å². The molecule has 0 saturated heterocycles. The van der Waals surface area contributed by atoms with E-state index in [-0.39, 0.29) is 39.6 Å². The molecule has 0 bridgehead atoms. The van der Waals surface area contributed by atoms with Crippen molar-refractivity contribution in [3.8, 4) is 0 Å². The summed E-state index contributed by atoms with van der Waals surface area (Å²) in [4.78, 5) is 46.3. The smallest absolute Gasteiger partial charge is 0.394 e. The van der Waals surface area contributed by atoms with Gasteiger partial charge in [-0.3, -0.25) is 19.2 Å². The van der Waals surface area contributed by atoms with Crippen molar-refractivity contribution in [2.75, 3.05) is 92.5 Å². The van der Waals surface area contributed by atoms with E-state index in [1.165, 1.54) is 47.5 Å². The average molecular weight is 2050 g/mol. The van der Waals surface area contributed by atoms with Crippen LogP contribution in [0.2, 0.25) is 0 Å². The Balaban J connectivity index is 0.000000545. The van der Waals surface area contributed by atoms with Crippen molar-refractivity contribution in [2.45, 2.75) is 409 Å². The Morgan fingerprint density at radius 3 is 0.737 bits per heavy atom. The predicted molar refractivity (Wildman–Crippen MR) is 448 cm³/mol. The molecule has 18 nitrogen and oxygen atoms in total. The minimum atomic E-state index is -5.00. The summed E-state index contributed by atoms with van der Waals surface area (Å²) in [5.41, 5.74) is -1.00. The number of rotatable bonds is 59. The Bertz CT molecular complexity index is 3260. The molecule has 0 spiro atoms. The van der Waals surface area contributed by atoms with Crippen molar-refractivity contribution in [2.24, 2.45) is 58.7 Å². The van der Waals surface area contributed by atoms with Crippen molar-refractivity contribution in [3.63, 3.8) is 0 Å². The standard InChI is InChI=1S/C18H28F4O3.C16H26F4O3.C15H24F4O3.C13H20F4O3.C11H18F4O2.C10H15F5O2.C9H16F2O2/c1-17(19,20)12-18(21,22)15(11-24-10-9-13-7-8-13)25-16(23)14-5-3-2-4-6-14;1-14(2,3)13(21)23-12(9-22-8-7-11-5-6-11)16(19,20)10-15(4,17)18;1-10(2)13(20)22-12(8-21-7-6-11-4-5-11)15(18,19)9-14(3,16)17;1-9(18)20-11(7-19-6-5-10-3-4-10)13(16,17)8-12(2,14)15;1-10(12,13)7-11(14,15)9(16)6-17-5-4-8-2-3-8;11-9(12,6-10(13,14)15)8(16)5-17-4-3-7-1-2-7;1-9(10,11)8(12)6-13-5-4-7-2-3-7/h13-15H,2-12H2,1H3;11-12H,5-10H2,1-4H3;10-12H,4-9H2,1-3H3;10-11H,3-8H2,1-2H3;8-9,16H,2-7H2,1H3;7-8,16H,1-6H2;7-8,12H,2-6H2,1H3. The molecule has 137 heavy (non-hydrogen) atoms. The number of halogens is 27. The Morgan fingerprint density at radius 2 is 0.511 bits per heavy atom. The molecular weight excluding hydrogens is 1910 g/mol. The minimum Gasteiger partial charge on any atom is -0.454 e. The highest BCUT2D eigenvalue weighted by molar-refractivity contribution is 5.75. The molecule has 0 aromatic carbocycles. The van der Waals surface area contributed by atoms with Gasteiger partial charge in [0, 0.05) is 60.1 Å². The quantitative estimate of drug-likeness (QED) is 0.0222. The zero-order chi connectivity index (χ0) is 105. The molecule has 0 amide bonds. The van der Waals surface area contributed by atoms with Gasteiger partial charge in [-0.15, -0.1) is 0 Å². The number of hydrogen-bond acceptors (Lipinski definition) is 18. The summed E-state index contributed by atoms with van der Waals surface area (Å²) >= 11 is 0. The van der Waals surface area contributed by atoms with Crippen LogP contribution in [0.25, 0.3) is 0 Å². The fourth-order valence-corrected chi connectivity index (χ4v) is 12.7. The van der Waals surface area contributed by atoms with E-state index in [1.807, 2.05) is 0 Å². The fraction of sp³-hybridized carbons (Fsp3) is 0.957. The summed E-state index contributed by atoms with van der Waals surface area (Å²) in [5.74, 6) is -44.4. The van der Waals surface area contributed by atoms with Crippen molar-refractivity contribution in [3.05, 3.63) is 0 Å². The minimum absolute atomic E-state index is 0.198. The number of aliphatic hydroxyl groups excluding tert-OH is 3. The molecule has 0 radical (unpaired) electrons. The van der Waals surface area contributed by atoms with Crippen LogP contribution < -0.4 is 0 Å². The van der Waals surface area contributed by atoms with Crippen LogP contribution in [0.1, 0.15) is 289 Å². The van der Waals surface area contributed by atoms with E-state index in [0.29, 0.717) is 110 Å². The van der Waals surface area contributed by atoms with Gasteiger partial charge in [-0.1, -0.05) is 123 Å². The lowest BCUT2D eigenvalue weighted by Gasteiger charge is -2.30. The maximum absolute atomic E-state index is 14.3. The van der Waals surface area contributed by atoms with Crippen molar-refractivity contribution in [1.82, 2.24) is 0 Å². The monoisotopic (exact) mass is 2050 g/mol. The molecule has 8 saturated carbocycles. The van der Waals surface area contributed by atoms with Gasteiger partial charge in [0.2, 0.25) is 0 Å². The number of ether oxygens (including phenoxy) is 11. The molecule has 8 fully saturated rings. The van der Waals surface area contributed by atoms with Gasteiger partial charge in [0.05, 0.1) is 95.6 Å². The van der Waals surface area contributed by atoms with Crippen LogP contribution >= 0.6 is 0 Å². The Morgan fingerprint density at radius 1 is 0.285 bits per heavy atom. The molecular formula is C92H147F27O18. The van der Waals surface area contributed by atoms with Gasteiger partial charge in [0.15, 0.2) is 24.4 Å². The highest BCUT2D eigenvalue weighted by Crippen LogP contribution is 2.44. The highest BCUT2D eigenvalue weighted by atomic mass is 19.4. The maximum Gasteiger partial charge on any atom is 0.394 e. The van der Waals surface area contributed by atoms with Crippen LogP contribution in [-0.2, 0) is 71.3 Å². The van der Waals surface area contributed by atoms with Crippen LogP contribution in [0.5, 0.6) is 0 Å². The molecule has 8 aliphatic carbocycles. The molecule has 7 unspecified atom stereocenters. The van der Waals surface area contributed by atoms with Gasteiger partial charge in [0.25, 0.3) is 71.1 Å². The number of carbonyl (C=O) groups is 4. The van der Waals surface area contributed by atoms with Gasteiger partial charge in [-0.2, -0.15) is 13.2 Å². The lowest BCUT2D eigenvalue weighted by molar-refractivity contribution is -0.221. The maximum atomic E-state index is 14.3. The Labute approximate surface area is 786 Å². The molecule has 0 heterocycles. The largest absolute Gasteiger partial charge is 0.454 e. The summed E-state index contributed by atoms with van der Waals surface area (Å²) in [5, 5.41) is 27.0. The number of hydrogen-bond donors (Lipinski definition) is 3. The molecule has 45 heteroatoms. The van der Waals surface area contributed by atoms with E-state index in [9.17, 15) is 138 Å². The third-order valence-corrected chi connectivity index (χ3v) is 22.2. The Hall–Kier alpha value is -4.41. The second-order valence-corrected chi connectivity index (χ2v) is 39.8. The first-order valence-corrected chi connectivity index (χ1v) is 47.0. The Kier molecular flexibility index (Phi) is 54.5. The summed E-state index contributed by atoms with van der Waals surface area (Å²) in [6, 6.07) is 0. The fourth-order valence-electron chi connectivity index (χ4n) is 12.7. The SMILES string of the molecule is CC(=O)OC(COCCC1CC1)C(F)(F)CC(C)(F)F.CC(C)C(=O)OC(COCCC1CC1)C(F)(F)CC(C)(F)F.CC(F)(F)C(O)COCCC1CC1.CC(F)(F)CC(F)(F)C(COCCC1CC1)OC(=O)C(C)(C)C.CC(F)(F)CC(F)(F)C(COCCC1CC1)OC(=O)C1CCCCC1.CC(F)(F)CC(F)(F)C(O)COCCC1CC1.OC(COCCC1CC1)C(F)(F)CC(F)(F)F. The summed E-state index contributed by atoms with van der Waals surface area (Å²) in [6.07, 6.45) is -4.83. The molecule has 0 aromatic heterocycles. The van der Waals surface area contributed by atoms with E-state index < -0.39 is 239 Å². The van der Waals surface area contributed by atoms with Crippen LogP contribution in [-0.4, -0.2) is 252 Å². The lowest BCUT2D eigenvalue weighted by Crippen LogP contribution is -2.45. The van der Waals surface area contributed by atoms with Crippen LogP contribution in [0.3, 0.4) is 0 Å². The van der Waals surface area contributed by atoms with Crippen LogP contribution in [0.15, 0.2) is 0 Å². The molecule has 812 valence electrons. The van der Waals surface area contributed by atoms with E-state index in [4.69, 9.17) is 62.7 Å². The van der Waals surface area contributed by atoms with Crippen molar-refractivity contribution < 1.29 is 205 Å². The highest BCUT2D eigenvalue weighted by Gasteiger charge is 2.55. The van der Waals surface area contributed by atoms with Crippen molar-refractivity contribution >= 4 is 23.9 Å². The second-order valence-electron chi connectivity index (χ2n) is 39.8. The average Bonchev–Trinajstić information content (AvgIpc) is 1.85. The van der Waals surface area contributed by atoms with E-state index >= 15 is 0 Å². The number of esters is 4. The second kappa shape index (κ2) is 58.1. The van der Waals surface area contributed by atoms with Crippen molar-refractivity contribution in [1.29, 1.82) is 0 Å². The van der Waals surface area contributed by atoms with Crippen LogP contribution in [0, 0.1) is 58.7 Å². The van der Waals surface area contributed by atoms with Crippen LogP contribution in [0.4, 0.5) is 119 Å². The first-order chi connectivity index (χ1) is 62.5. The first-order valence-electron chi connectivity index (χ1n) is 47.0. The van der Waals surface area contributed by atoms with E-state index in [1.54, 1.807) is 0 Å². The molecule has 0 aliphatic heterocycles. The molecule has 3 N–H and O–H groups in total. The van der Waals surface area contributed by atoms with Gasteiger partial charge in [-0.25, -0.2) is 105 Å². The van der Waals surface area contributed by atoms with Gasteiger partial charge in [-0.05, 0) is 155 Å². The number of carbonyl (C=O) groups excluding carboxylic acids is 4.